The van der Waals surface area contributed by atoms with Gasteiger partial charge in [-0.25, -0.2) is 4.79 Å². The molecule has 1 aromatic carbocycles. The van der Waals surface area contributed by atoms with E-state index in [0.29, 0.717) is 38.6 Å². The van der Waals surface area contributed by atoms with Gasteiger partial charge >= 0.3 is 23.9 Å². The molecule has 1 saturated heterocycles. The van der Waals surface area contributed by atoms with E-state index in [-0.39, 0.29) is 45.4 Å². The minimum absolute atomic E-state index is 0.00623. The summed E-state index contributed by atoms with van der Waals surface area (Å²) in [5.74, 6) is -1.90. The summed E-state index contributed by atoms with van der Waals surface area (Å²) in [5.41, 5.74) is 5.87. The molecular weight excluding hydrogens is 576 g/mol. The third-order valence-corrected chi connectivity index (χ3v) is 7.45. The molecule has 0 saturated carbocycles. The Hall–Kier alpha value is -3.62. The SMILES string of the molecule is CC(C)(C)OC(=O)C[C@@H]1CCC[N+]1(C(=O)O)C(=O)[C@H](CCCCN)N[C@@H](CCc1ccccc1)C(=O)OCCCO[N+](=O)[O-]. The van der Waals surface area contributed by atoms with Gasteiger partial charge in [0.25, 0.3) is 5.09 Å². The average molecular weight is 624 g/mol. The number of benzene rings is 1. The molecule has 1 unspecified atom stereocenters. The van der Waals surface area contributed by atoms with Crippen LogP contribution in [0.5, 0.6) is 0 Å². The van der Waals surface area contributed by atoms with E-state index in [1.54, 1.807) is 20.8 Å². The topological polar surface area (TPSA) is 197 Å². The summed E-state index contributed by atoms with van der Waals surface area (Å²) in [4.78, 5) is 67.8. The van der Waals surface area contributed by atoms with Crippen LogP contribution >= 0.6 is 0 Å². The number of unbranched alkanes of at least 4 members (excludes halogenated alkanes) is 1. The number of hydrogen-bond acceptors (Lipinski definition) is 11. The molecule has 246 valence electrons. The molecule has 2 rings (SSSR count). The van der Waals surface area contributed by atoms with Crippen molar-refractivity contribution in [1.82, 2.24) is 5.32 Å². The van der Waals surface area contributed by atoms with Crippen molar-refractivity contribution in [3.63, 3.8) is 0 Å². The molecule has 44 heavy (non-hydrogen) atoms. The van der Waals surface area contributed by atoms with Crippen molar-refractivity contribution in [1.29, 1.82) is 0 Å². The molecule has 14 heteroatoms. The number of amides is 2. The molecule has 1 heterocycles. The summed E-state index contributed by atoms with van der Waals surface area (Å²) < 4.78 is 9.87. The van der Waals surface area contributed by atoms with Gasteiger partial charge in [-0.3, -0.25) is 14.9 Å². The second kappa shape index (κ2) is 17.6. The lowest BCUT2D eigenvalue weighted by Gasteiger charge is -2.35. The fourth-order valence-electron chi connectivity index (χ4n) is 5.44. The molecule has 14 nitrogen and oxygen atoms in total. The van der Waals surface area contributed by atoms with Gasteiger partial charge in [-0.1, -0.05) is 30.3 Å². The lowest BCUT2D eigenvalue weighted by Crippen LogP contribution is -2.66. The van der Waals surface area contributed by atoms with Crippen LogP contribution in [0.3, 0.4) is 0 Å². The Morgan fingerprint density at radius 1 is 1.09 bits per heavy atom. The first kappa shape index (κ1) is 36.6. The number of likely N-dealkylation sites (tertiary alicyclic amines) is 1. The lowest BCUT2D eigenvalue weighted by molar-refractivity contribution is -0.794. The van der Waals surface area contributed by atoms with Crippen molar-refractivity contribution in [2.45, 2.75) is 102 Å². The van der Waals surface area contributed by atoms with Crippen LogP contribution in [0.2, 0.25) is 0 Å². The van der Waals surface area contributed by atoms with Crippen molar-refractivity contribution in [3.05, 3.63) is 46.0 Å². The number of imide groups is 1. The Bertz CT molecular complexity index is 1110. The van der Waals surface area contributed by atoms with Gasteiger partial charge in [0, 0.05) is 19.3 Å². The molecule has 1 aliphatic heterocycles. The Morgan fingerprint density at radius 2 is 1.80 bits per heavy atom. The maximum Gasteiger partial charge on any atom is 0.521 e. The van der Waals surface area contributed by atoms with Gasteiger partial charge < -0.3 is 25.2 Å². The van der Waals surface area contributed by atoms with E-state index >= 15 is 0 Å². The first-order chi connectivity index (χ1) is 20.8. The first-order valence-corrected chi connectivity index (χ1v) is 15.1. The highest BCUT2D eigenvalue weighted by molar-refractivity contribution is 5.86. The molecule has 0 aliphatic carbocycles. The lowest BCUT2D eigenvalue weighted by atomic mass is 10.0. The Morgan fingerprint density at radius 3 is 2.41 bits per heavy atom. The van der Waals surface area contributed by atoms with E-state index < -0.39 is 57.2 Å². The third-order valence-electron chi connectivity index (χ3n) is 7.45. The molecule has 0 bridgehead atoms. The van der Waals surface area contributed by atoms with Gasteiger partial charge in [0.1, 0.15) is 23.7 Å². The van der Waals surface area contributed by atoms with Crippen molar-refractivity contribution in [2.24, 2.45) is 5.73 Å². The summed E-state index contributed by atoms with van der Waals surface area (Å²) in [6, 6.07) is 6.53. The molecule has 1 fully saturated rings. The number of carbonyl (C=O) groups excluding carboxylic acids is 3. The third kappa shape index (κ3) is 11.5. The van der Waals surface area contributed by atoms with Gasteiger partial charge in [-0.05, 0) is 65.0 Å². The highest BCUT2D eigenvalue weighted by Crippen LogP contribution is 2.33. The number of hydrogen-bond donors (Lipinski definition) is 3. The van der Waals surface area contributed by atoms with Crippen molar-refractivity contribution in [2.75, 3.05) is 26.3 Å². The van der Waals surface area contributed by atoms with Crippen LogP contribution in [0.15, 0.2) is 30.3 Å². The predicted octanol–water partition coefficient (Wildman–Crippen LogP) is 3.13. The second-order valence-corrected chi connectivity index (χ2v) is 12.0. The minimum Gasteiger partial charge on any atom is -0.464 e. The summed E-state index contributed by atoms with van der Waals surface area (Å²) in [5, 5.41) is 23.1. The summed E-state index contributed by atoms with van der Waals surface area (Å²) in [6.45, 7) is 5.12. The van der Waals surface area contributed by atoms with Gasteiger partial charge in [0.2, 0.25) is 0 Å². The summed E-state index contributed by atoms with van der Waals surface area (Å²) in [7, 11) is 0. The number of nitrogens with zero attached hydrogens (tertiary/aromatic N) is 2. The Balaban J connectivity index is 2.33. The van der Waals surface area contributed by atoms with Crippen LogP contribution < -0.4 is 11.1 Å². The standard InChI is InChI=1S/C30H46N4O10/c1-30(2,3)44-26(35)21-23-13-9-18-34(23,29(38)39)27(36)24(14-7-8-17-31)32-25(16-15-22-11-5-4-6-12-22)28(37)42-19-10-20-43-33(40)41/h4-6,11-12,23-25,32H,7-10,13-21,31H2,1-3H3/p+1/t23-,24-,25-,34?/m0/s1. The zero-order valence-corrected chi connectivity index (χ0v) is 25.9. The largest absolute Gasteiger partial charge is 0.521 e. The molecule has 0 radical (unpaired) electrons. The quantitative estimate of drug-likeness (QED) is 0.0711. The van der Waals surface area contributed by atoms with Gasteiger partial charge in [-0.2, -0.15) is 9.28 Å². The van der Waals surface area contributed by atoms with Gasteiger partial charge in [0.05, 0.1) is 26.2 Å². The maximum atomic E-state index is 14.3. The van der Waals surface area contributed by atoms with E-state index in [4.69, 9.17) is 15.2 Å². The number of rotatable bonds is 18. The smallest absolute Gasteiger partial charge is 0.464 e. The zero-order valence-electron chi connectivity index (χ0n) is 25.9. The average Bonchev–Trinajstić information content (AvgIpc) is 3.37. The first-order valence-electron chi connectivity index (χ1n) is 15.1. The molecular formula is C30H47N4O10+. The Labute approximate surface area is 257 Å². The van der Waals surface area contributed by atoms with Crippen molar-refractivity contribution in [3.8, 4) is 0 Å². The van der Waals surface area contributed by atoms with Crippen LogP contribution in [0.25, 0.3) is 0 Å². The zero-order chi connectivity index (χ0) is 32.8. The van der Waals surface area contributed by atoms with Gasteiger partial charge in [0.15, 0.2) is 0 Å². The van der Waals surface area contributed by atoms with E-state index in [9.17, 15) is 34.4 Å². The fourth-order valence-corrected chi connectivity index (χ4v) is 5.44. The van der Waals surface area contributed by atoms with E-state index in [2.05, 4.69) is 10.2 Å². The number of nitrogens with two attached hydrogens (primary N) is 1. The fraction of sp³-hybridized carbons (Fsp3) is 0.667. The van der Waals surface area contributed by atoms with Crippen molar-refractivity contribution < 1.29 is 48.2 Å². The molecule has 1 aliphatic rings. The molecule has 0 spiro atoms. The van der Waals surface area contributed by atoms with Crippen LogP contribution in [-0.4, -0.2) is 88.6 Å². The van der Waals surface area contributed by atoms with Crippen LogP contribution in [0.1, 0.15) is 77.7 Å². The van der Waals surface area contributed by atoms with Crippen molar-refractivity contribution >= 4 is 23.9 Å². The highest BCUT2D eigenvalue weighted by atomic mass is 16.9. The summed E-state index contributed by atoms with van der Waals surface area (Å²) in [6.07, 6.45) is 1.24. The number of aryl methyl sites for hydroxylation is 1. The predicted molar refractivity (Wildman–Crippen MR) is 159 cm³/mol. The maximum absolute atomic E-state index is 14.3. The monoisotopic (exact) mass is 623 g/mol. The van der Waals surface area contributed by atoms with E-state index in [1.165, 1.54) is 0 Å². The van der Waals surface area contributed by atoms with Gasteiger partial charge in [-0.15, -0.1) is 10.1 Å². The van der Waals surface area contributed by atoms with Crippen LogP contribution in [0, 0.1) is 10.1 Å². The Kier molecular flexibility index (Phi) is 14.6. The van der Waals surface area contributed by atoms with Crippen LogP contribution in [-0.2, 0) is 35.1 Å². The van der Waals surface area contributed by atoms with E-state index in [1.807, 2.05) is 30.3 Å². The number of quaternary nitrogens is 1. The number of carbonyl (C=O) groups is 4. The number of nitrogens with one attached hydrogen (secondary N) is 1. The normalized spacial score (nSPS) is 19.5. The summed E-state index contributed by atoms with van der Waals surface area (Å²) >= 11 is 0. The number of esters is 2. The molecule has 0 aromatic heterocycles. The minimum atomic E-state index is -1.36. The number of ether oxygens (including phenoxy) is 2. The molecule has 4 N–H and O–H groups in total. The van der Waals surface area contributed by atoms with E-state index in [0.717, 1.165) is 5.56 Å². The molecule has 4 atom stereocenters. The molecule has 2 amide bonds. The van der Waals surface area contributed by atoms with Crippen LogP contribution in [0.4, 0.5) is 4.79 Å². The highest BCUT2D eigenvalue weighted by Gasteiger charge is 2.57. The number of carboxylic acid groups (broad SMARTS) is 1. The molecule has 1 aromatic rings. The second-order valence-electron chi connectivity index (χ2n) is 12.0.